The molecule has 6 heteroatoms. The number of hydrogen-bond acceptors (Lipinski definition) is 2. The zero-order valence-electron chi connectivity index (χ0n) is 10.9. The molecule has 19 heavy (non-hydrogen) atoms. The number of benzene rings is 1. The molecule has 0 radical (unpaired) electrons. The molecule has 0 heterocycles. The Morgan fingerprint density at radius 2 is 2.11 bits per heavy atom. The van der Waals surface area contributed by atoms with Crippen molar-refractivity contribution in [2.45, 2.75) is 20.3 Å². The first kappa shape index (κ1) is 15.3. The molecule has 5 nitrogen and oxygen atoms in total. The highest BCUT2D eigenvalue weighted by Gasteiger charge is 2.17. The molecule has 0 aliphatic rings. The van der Waals surface area contributed by atoms with Crippen molar-refractivity contribution in [3.05, 3.63) is 28.8 Å². The third kappa shape index (κ3) is 4.44. The summed E-state index contributed by atoms with van der Waals surface area (Å²) in [5.41, 5.74) is 1.34. The molecule has 0 aliphatic heterocycles. The van der Waals surface area contributed by atoms with Gasteiger partial charge in [0.15, 0.2) is 0 Å². The number of aryl methyl sites for hydroxylation is 1. The third-order valence-electron chi connectivity index (χ3n) is 2.56. The molecule has 1 aromatic carbocycles. The Morgan fingerprint density at radius 1 is 1.42 bits per heavy atom. The predicted octanol–water partition coefficient (Wildman–Crippen LogP) is 2.98. The molecule has 0 aromatic heterocycles. The van der Waals surface area contributed by atoms with E-state index in [0.717, 1.165) is 5.56 Å². The second-order valence-electron chi connectivity index (χ2n) is 4.18. The van der Waals surface area contributed by atoms with Gasteiger partial charge < -0.3 is 15.3 Å². The van der Waals surface area contributed by atoms with Crippen LogP contribution < -0.4 is 5.32 Å². The third-order valence-corrected chi connectivity index (χ3v) is 2.88. The number of hydrogen-bond donors (Lipinski definition) is 2. The Balaban J connectivity index is 2.84. The van der Waals surface area contributed by atoms with Gasteiger partial charge >= 0.3 is 12.0 Å². The second kappa shape index (κ2) is 6.99. The second-order valence-corrected chi connectivity index (χ2v) is 4.58. The summed E-state index contributed by atoms with van der Waals surface area (Å²) in [6, 6.07) is 4.82. The molecule has 1 aromatic rings. The minimum Gasteiger partial charge on any atom is -0.480 e. The van der Waals surface area contributed by atoms with Gasteiger partial charge in [-0.15, -0.1) is 0 Å². The smallest absolute Gasteiger partial charge is 0.323 e. The van der Waals surface area contributed by atoms with Gasteiger partial charge in [0, 0.05) is 6.54 Å². The summed E-state index contributed by atoms with van der Waals surface area (Å²) in [6.07, 6.45) is 0.683. The predicted molar refractivity (Wildman–Crippen MR) is 74.7 cm³/mol. The van der Waals surface area contributed by atoms with E-state index in [1.54, 1.807) is 12.1 Å². The number of anilines is 1. The van der Waals surface area contributed by atoms with Crippen LogP contribution in [-0.4, -0.2) is 35.1 Å². The Kier molecular flexibility index (Phi) is 5.63. The summed E-state index contributed by atoms with van der Waals surface area (Å²) in [7, 11) is 0. The van der Waals surface area contributed by atoms with E-state index >= 15 is 0 Å². The van der Waals surface area contributed by atoms with Crippen LogP contribution in [0, 0.1) is 6.92 Å². The van der Waals surface area contributed by atoms with E-state index in [9.17, 15) is 9.59 Å². The van der Waals surface area contributed by atoms with Crippen LogP contribution in [0.4, 0.5) is 10.5 Å². The lowest BCUT2D eigenvalue weighted by molar-refractivity contribution is -0.137. The molecular weight excluding hydrogens is 268 g/mol. The lowest BCUT2D eigenvalue weighted by atomic mass is 10.2. The van der Waals surface area contributed by atoms with E-state index in [1.807, 2.05) is 19.9 Å². The molecule has 104 valence electrons. The maximum Gasteiger partial charge on any atom is 0.323 e. The first-order chi connectivity index (χ1) is 8.95. The Hall–Kier alpha value is -1.75. The van der Waals surface area contributed by atoms with E-state index in [0.29, 0.717) is 23.7 Å². The zero-order valence-corrected chi connectivity index (χ0v) is 11.7. The van der Waals surface area contributed by atoms with Gasteiger partial charge in [-0.1, -0.05) is 30.7 Å². The molecular formula is C13H17ClN2O3. The van der Waals surface area contributed by atoms with Crippen LogP contribution in [-0.2, 0) is 4.79 Å². The monoisotopic (exact) mass is 284 g/mol. The maximum atomic E-state index is 12.0. The number of urea groups is 1. The fourth-order valence-electron chi connectivity index (χ4n) is 1.66. The Morgan fingerprint density at radius 3 is 2.63 bits per heavy atom. The zero-order chi connectivity index (χ0) is 14.4. The van der Waals surface area contributed by atoms with Crippen LogP contribution in [0.25, 0.3) is 0 Å². The number of nitrogens with one attached hydrogen (secondary N) is 1. The number of aliphatic carboxylic acids is 1. The van der Waals surface area contributed by atoms with Crippen molar-refractivity contribution in [3.8, 4) is 0 Å². The minimum absolute atomic E-state index is 0.330. The molecule has 0 unspecified atom stereocenters. The highest BCUT2D eigenvalue weighted by atomic mass is 35.5. The lowest BCUT2D eigenvalue weighted by Crippen LogP contribution is -2.39. The van der Waals surface area contributed by atoms with Crippen molar-refractivity contribution in [1.82, 2.24) is 4.90 Å². The fourth-order valence-corrected chi connectivity index (χ4v) is 1.93. The number of amides is 2. The van der Waals surface area contributed by atoms with Crippen molar-refractivity contribution < 1.29 is 14.7 Å². The summed E-state index contributed by atoms with van der Waals surface area (Å²) >= 11 is 6.01. The molecule has 0 spiro atoms. The molecule has 2 N–H and O–H groups in total. The number of carboxylic acid groups (broad SMARTS) is 1. The summed E-state index contributed by atoms with van der Waals surface area (Å²) < 4.78 is 0. The Labute approximate surface area is 117 Å². The maximum absolute atomic E-state index is 12.0. The van der Waals surface area contributed by atoms with E-state index in [4.69, 9.17) is 16.7 Å². The summed E-state index contributed by atoms with van der Waals surface area (Å²) in [5.74, 6) is -1.04. The van der Waals surface area contributed by atoms with Gasteiger partial charge in [0.25, 0.3) is 0 Å². The number of carboxylic acids is 1. The molecule has 1 rings (SSSR count). The van der Waals surface area contributed by atoms with Crippen molar-refractivity contribution in [1.29, 1.82) is 0 Å². The number of para-hydroxylation sites is 1. The topological polar surface area (TPSA) is 69.6 Å². The molecule has 0 saturated carbocycles. The van der Waals surface area contributed by atoms with Crippen LogP contribution in [0.3, 0.4) is 0 Å². The van der Waals surface area contributed by atoms with Crippen LogP contribution in [0.2, 0.25) is 5.02 Å². The quantitative estimate of drug-likeness (QED) is 0.873. The number of halogens is 1. The van der Waals surface area contributed by atoms with Crippen molar-refractivity contribution in [3.63, 3.8) is 0 Å². The van der Waals surface area contributed by atoms with Gasteiger partial charge in [-0.3, -0.25) is 4.79 Å². The summed E-state index contributed by atoms with van der Waals surface area (Å²) in [4.78, 5) is 24.0. The van der Waals surface area contributed by atoms with Gasteiger partial charge in [0.1, 0.15) is 6.54 Å². The van der Waals surface area contributed by atoms with Gasteiger partial charge in [0.2, 0.25) is 0 Å². The molecule has 0 atom stereocenters. The van der Waals surface area contributed by atoms with Crippen LogP contribution >= 0.6 is 11.6 Å². The van der Waals surface area contributed by atoms with E-state index in [2.05, 4.69) is 5.32 Å². The standard InChI is InChI=1S/C13H17ClN2O3/c1-3-7-16(8-11(17)18)13(19)15-12-9(2)5-4-6-10(12)14/h4-6H,3,7-8H2,1-2H3,(H,15,19)(H,17,18). The van der Waals surface area contributed by atoms with Crippen molar-refractivity contribution in [2.24, 2.45) is 0 Å². The number of rotatable bonds is 5. The van der Waals surface area contributed by atoms with Gasteiger partial charge in [-0.2, -0.15) is 0 Å². The molecule has 0 saturated heterocycles. The lowest BCUT2D eigenvalue weighted by Gasteiger charge is -2.21. The molecule has 0 bridgehead atoms. The van der Waals surface area contributed by atoms with Crippen LogP contribution in [0.1, 0.15) is 18.9 Å². The Bertz CT molecular complexity index is 457. The van der Waals surface area contributed by atoms with E-state index < -0.39 is 12.0 Å². The van der Waals surface area contributed by atoms with Gasteiger partial charge in [0.05, 0.1) is 10.7 Å². The van der Waals surface area contributed by atoms with Gasteiger partial charge in [-0.25, -0.2) is 4.79 Å². The number of carbonyl (C=O) groups is 2. The molecule has 2 amide bonds. The first-order valence-electron chi connectivity index (χ1n) is 5.98. The van der Waals surface area contributed by atoms with Crippen molar-refractivity contribution in [2.75, 3.05) is 18.4 Å². The number of nitrogens with zero attached hydrogens (tertiary/aromatic N) is 1. The number of carbonyl (C=O) groups excluding carboxylic acids is 1. The largest absolute Gasteiger partial charge is 0.480 e. The normalized spacial score (nSPS) is 10.1. The molecule has 0 aliphatic carbocycles. The summed E-state index contributed by atoms with van der Waals surface area (Å²) in [6.45, 7) is 3.75. The average molecular weight is 285 g/mol. The van der Waals surface area contributed by atoms with E-state index in [1.165, 1.54) is 4.90 Å². The molecule has 0 fully saturated rings. The van der Waals surface area contributed by atoms with Crippen LogP contribution in [0.15, 0.2) is 18.2 Å². The fraction of sp³-hybridized carbons (Fsp3) is 0.385. The first-order valence-corrected chi connectivity index (χ1v) is 6.36. The SMILES string of the molecule is CCCN(CC(=O)O)C(=O)Nc1c(C)cccc1Cl. The van der Waals surface area contributed by atoms with E-state index in [-0.39, 0.29) is 6.54 Å². The highest BCUT2D eigenvalue weighted by Crippen LogP contribution is 2.25. The average Bonchev–Trinajstić information content (AvgIpc) is 2.32. The van der Waals surface area contributed by atoms with Crippen LogP contribution in [0.5, 0.6) is 0 Å². The van der Waals surface area contributed by atoms with Crippen molar-refractivity contribution >= 4 is 29.3 Å². The summed E-state index contributed by atoms with van der Waals surface area (Å²) in [5, 5.41) is 11.9. The highest BCUT2D eigenvalue weighted by molar-refractivity contribution is 6.33. The minimum atomic E-state index is -1.04. The van der Waals surface area contributed by atoms with Gasteiger partial charge in [-0.05, 0) is 25.0 Å².